The smallest absolute Gasteiger partial charge is 0.223 e. The van der Waals surface area contributed by atoms with Crippen molar-refractivity contribution >= 4 is 11.6 Å². The van der Waals surface area contributed by atoms with Gasteiger partial charge in [0, 0.05) is 25.6 Å². The molecular weight excluding hydrogens is 240 g/mol. The van der Waals surface area contributed by atoms with E-state index in [0.717, 1.165) is 28.8 Å². The van der Waals surface area contributed by atoms with Gasteiger partial charge in [0.05, 0.1) is 5.69 Å². The summed E-state index contributed by atoms with van der Waals surface area (Å²) in [6, 6.07) is 3.89. The molecule has 2 rings (SSSR count). The highest BCUT2D eigenvalue weighted by atomic mass is 16.3. The molecule has 1 atom stereocenters. The van der Waals surface area contributed by atoms with Crippen molar-refractivity contribution in [2.24, 2.45) is 5.73 Å². The minimum absolute atomic E-state index is 0.0104. The summed E-state index contributed by atoms with van der Waals surface area (Å²) in [4.78, 5) is 13.7. The summed E-state index contributed by atoms with van der Waals surface area (Å²) in [6.07, 6.45) is 1.34. The monoisotopic (exact) mass is 262 g/mol. The maximum atomic E-state index is 11.9. The van der Waals surface area contributed by atoms with Crippen LogP contribution in [0, 0.1) is 13.8 Å². The second-order valence-electron chi connectivity index (χ2n) is 5.41. The van der Waals surface area contributed by atoms with E-state index in [2.05, 4.69) is 0 Å². The summed E-state index contributed by atoms with van der Waals surface area (Å²) in [5.74, 6) is 0.0104. The first kappa shape index (κ1) is 14.0. The summed E-state index contributed by atoms with van der Waals surface area (Å²) in [5.41, 5.74) is 8.54. The van der Waals surface area contributed by atoms with E-state index in [1.54, 1.807) is 11.8 Å². The average molecular weight is 262 g/mol. The maximum absolute atomic E-state index is 11.9. The van der Waals surface area contributed by atoms with Crippen molar-refractivity contribution in [3.63, 3.8) is 0 Å². The van der Waals surface area contributed by atoms with E-state index in [1.807, 2.05) is 26.0 Å². The van der Waals surface area contributed by atoms with Crippen LogP contribution in [0.15, 0.2) is 12.1 Å². The first-order valence-electron chi connectivity index (χ1n) is 6.72. The van der Waals surface area contributed by atoms with Gasteiger partial charge >= 0.3 is 0 Å². The van der Waals surface area contributed by atoms with Crippen molar-refractivity contribution in [1.29, 1.82) is 0 Å². The number of benzene rings is 1. The van der Waals surface area contributed by atoms with Gasteiger partial charge in [-0.2, -0.15) is 0 Å². The van der Waals surface area contributed by atoms with Crippen LogP contribution < -0.4 is 10.6 Å². The van der Waals surface area contributed by atoms with Crippen LogP contribution >= 0.6 is 0 Å². The fraction of sp³-hybridized carbons (Fsp3) is 0.533. The zero-order valence-corrected chi connectivity index (χ0v) is 11.9. The molecule has 4 nitrogen and oxygen atoms in total. The normalized spacial score (nSPS) is 22.9. The van der Waals surface area contributed by atoms with Gasteiger partial charge in [0.1, 0.15) is 5.60 Å². The number of nitrogens with zero attached hydrogens (tertiary/aromatic N) is 1. The van der Waals surface area contributed by atoms with Gasteiger partial charge in [0.2, 0.25) is 5.91 Å². The molecule has 0 aromatic heterocycles. The first-order chi connectivity index (χ1) is 8.90. The summed E-state index contributed by atoms with van der Waals surface area (Å²) in [5, 5.41) is 10.8. The highest BCUT2D eigenvalue weighted by molar-refractivity contribution is 5.94. The summed E-state index contributed by atoms with van der Waals surface area (Å²) in [7, 11) is 0. The van der Waals surface area contributed by atoms with Crippen LogP contribution in [0.3, 0.4) is 0 Å². The molecule has 1 amide bonds. The Kier molecular flexibility index (Phi) is 3.65. The first-order valence-corrected chi connectivity index (χ1v) is 6.72. The molecule has 0 radical (unpaired) electrons. The number of carbonyl (C=O) groups excluding carboxylic acids is 1. The van der Waals surface area contributed by atoms with Gasteiger partial charge in [-0.25, -0.2) is 0 Å². The number of hydrogen-bond acceptors (Lipinski definition) is 3. The average Bonchev–Trinajstić information content (AvgIpc) is 2.52. The van der Waals surface area contributed by atoms with Crippen molar-refractivity contribution in [3.8, 4) is 0 Å². The van der Waals surface area contributed by atoms with E-state index in [0.29, 0.717) is 13.0 Å². The lowest BCUT2D eigenvalue weighted by atomic mass is 9.87. The van der Waals surface area contributed by atoms with Crippen LogP contribution in [0.5, 0.6) is 0 Å². The molecule has 0 fully saturated rings. The van der Waals surface area contributed by atoms with Crippen molar-refractivity contribution in [1.82, 2.24) is 0 Å². The number of rotatable bonds is 1. The van der Waals surface area contributed by atoms with E-state index in [-0.39, 0.29) is 12.5 Å². The molecule has 0 saturated carbocycles. The van der Waals surface area contributed by atoms with Gasteiger partial charge in [0.25, 0.3) is 0 Å². The number of fused-ring (bicyclic) bond motifs is 1. The molecule has 1 aromatic carbocycles. The summed E-state index contributed by atoms with van der Waals surface area (Å²) < 4.78 is 0. The molecule has 1 aliphatic heterocycles. The topological polar surface area (TPSA) is 66.6 Å². The number of amides is 1. The number of aryl methyl sites for hydroxylation is 1. The Balaban J connectivity index is 2.71. The van der Waals surface area contributed by atoms with Gasteiger partial charge in [-0.05, 0) is 37.8 Å². The Hall–Kier alpha value is -1.39. The third-order valence-electron chi connectivity index (χ3n) is 4.16. The Morgan fingerprint density at radius 3 is 2.74 bits per heavy atom. The van der Waals surface area contributed by atoms with E-state index in [9.17, 15) is 9.90 Å². The van der Waals surface area contributed by atoms with Gasteiger partial charge in [-0.3, -0.25) is 4.79 Å². The standard InChI is InChI=1S/C15H22N2O2/c1-10-5-6-13-14(11(10)2)17(12(3)18)8-4-7-15(13,19)9-16/h5-6,19H,4,7-9,16H2,1-3H3. The molecule has 4 heteroatoms. The molecule has 0 saturated heterocycles. The molecule has 1 unspecified atom stereocenters. The molecule has 0 bridgehead atoms. The lowest BCUT2D eigenvalue weighted by molar-refractivity contribution is -0.116. The molecule has 3 N–H and O–H groups in total. The predicted octanol–water partition coefficient (Wildman–Crippen LogP) is 1.60. The number of aliphatic hydroxyl groups is 1. The maximum Gasteiger partial charge on any atom is 0.223 e. The second-order valence-corrected chi connectivity index (χ2v) is 5.41. The highest BCUT2D eigenvalue weighted by Gasteiger charge is 2.36. The van der Waals surface area contributed by atoms with Gasteiger partial charge in [-0.1, -0.05) is 12.1 Å². The fourth-order valence-corrected chi connectivity index (χ4v) is 2.83. The van der Waals surface area contributed by atoms with Gasteiger partial charge in [-0.15, -0.1) is 0 Å². The summed E-state index contributed by atoms with van der Waals surface area (Å²) in [6.45, 7) is 6.38. The number of carbonyl (C=O) groups is 1. The zero-order chi connectivity index (χ0) is 14.2. The minimum Gasteiger partial charge on any atom is -0.384 e. The van der Waals surface area contributed by atoms with E-state index < -0.39 is 5.60 Å². The van der Waals surface area contributed by atoms with Gasteiger partial charge < -0.3 is 15.7 Å². The molecule has 1 heterocycles. The number of nitrogens with two attached hydrogens (primary N) is 1. The SMILES string of the molecule is CC(=O)N1CCCC(O)(CN)c2ccc(C)c(C)c21. The van der Waals surface area contributed by atoms with Crippen LogP contribution in [-0.4, -0.2) is 24.1 Å². The van der Waals surface area contributed by atoms with E-state index in [1.165, 1.54) is 0 Å². The van der Waals surface area contributed by atoms with Crippen molar-refractivity contribution in [2.45, 2.75) is 39.2 Å². The summed E-state index contributed by atoms with van der Waals surface area (Å²) >= 11 is 0. The van der Waals surface area contributed by atoms with Crippen molar-refractivity contribution in [3.05, 3.63) is 28.8 Å². The predicted molar refractivity (Wildman–Crippen MR) is 76.1 cm³/mol. The Labute approximate surface area is 114 Å². The lowest BCUT2D eigenvalue weighted by Gasteiger charge is -2.30. The van der Waals surface area contributed by atoms with Crippen molar-refractivity contribution in [2.75, 3.05) is 18.0 Å². The van der Waals surface area contributed by atoms with Crippen LogP contribution in [0.25, 0.3) is 0 Å². The quantitative estimate of drug-likeness (QED) is 0.808. The van der Waals surface area contributed by atoms with Crippen molar-refractivity contribution < 1.29 is 9.90 Å². The molecule has 19 heavy (non-hydrogen) atoms. The minimum atomic E-state index is -1.03. The number of hydrogen-bond donors (Lipinski definition) is 2. The molecule has 0 aliphatic carbocycles. The van der Waals surface area contributed by atoms with E-state index >= 15 is 0 Å². The Bertz CT molecular complexity index is 513. The highest BCUT2D eigenvalue weighted by Crippen LogP contribution is 2.40. The van der Waals surface area contributed by atoms with E-state index in [4.69, 9.17) is 5.73 Å². The third-order valence-corrected chi connectivity index (χ3v) is 4.16. The molecule has 0 spiro atoms. The zero-order valence-electron chi connectivity index (χ0n) is 11.9. The Morgan fingerprint density at radius 1 is 1.47 bits per heavy atom. The fourth-order valence-electron chi connectivity index (χ4n) is 2.83. The lowest BCUT2D eigenvalue weighted by Crippen LogP contribution is -2.35. The second kappa shape index (κ2) is 4.94. The number of anilines is 1. The van der Waals surface area contributed by atoms with Crippen LogP contribution in [0.4, 0.5) is 5.69 Å². The molecule has 104 valence electrons. The van der Waals surface area contributed by atoms with Crippen LogP contribution in [0.1, 0.15) is 36.5 Å². The van der Waals surface area contributed by atoms with Crippen LogP contribution in [-0.2, 0) is 10.4 Å². The third kappa shape index (κ3) is 2.26. The van der Waals surface area contributed by atoms with Gasteiger partial charge in [0.15, 0.2) is 0 Å². The molecular formula is C15H22N2O2. The molecule has 1 aromatic rings. The van der Waals surface area contributed by atoms with Crippen LogP contribution in [0.2, 0.25) is 0 Å². The largest absolute Gasteiger partial charge is 0.384 e. The molecule has 1 aliphatic rings. The Morgan fingerprint density at radius 2 is 2.16 bits per heavy atom.